The first-order valence-electron chi connectivity index (χ1n) is 12.6. The van der Waals surface area contributed by atoms with Crippen LogP contribution in [0, 0.1) is 0 Å². The third-order valence-electron chi connectivity index (χ3n) is 6.43. The van der Waals surface area contributed by atoms with Gasteiger partial charge in [-0.05, 0) is 43.2 Å². The summed E-state index contributed by atoms with van der Waals surface area (Å²) in [4.78, 5) is 67.4. The van der Waals surface area contributed by atoms with Gasteiger partial charge in [-0.25, -0.2) is 14.4 Å². The van der Waals surface area contributed by atoms with Crippen LogP contribution in [0.5, 0.6) is 0 Å². The van der Waals surface area contributed by atoms with Crippen LogP contribution in [0.15, 0.2) is 65.6 Å². The lowest BCUT2D eigenvalue weighted by Gasteiger charge is -2.33. The van der Waals surface area contributed by atoms with Gasteiger partial charge in [-0.2, -0.15) is 4.98 Å². The summed E-state index contributed by atoms with van der Waals surface area (Å²) in [7, 11) is 0. The fourth-order valence-electron chi connectivity index (χ4n) is 4.24. The number of urea groups is 1. The number of aliphatic carboxylic acids is 1. The highest BCUT2D eigenvalue weighted by molar-refractivity contribution is 6.40. The molecule has 2 heterocycles. The van der Waals surface area contributed by atoms with Crippen molar-refractivity contribution in [2.45, 2.75) is 31.5 Å². The van der Waals surface area contributed by atoms with E-state index in [-0.39, 0.29) is 33.4 Å². The predicted octanol–water partition coefficient (Wildman–Crippen LogP) is 2.86. The average molecular weight is 601 g/mol. The van der Waals surface area contributed by atoms with Crippen molar-refractivity contribution in [3.05, 3.63) is 92.5 Å². The van der Waals surface area contributed by atoms with Crippen LogP contribution in [0.25, 0.3) is 0 Å². The first-order valence-corrected chi connectivity index (χ1v) is 13.3. The van der Waals surface area contributed by atoms with Gasteiger partial charge in [0, 0.05) is 30.9 Å². The summed E-state index contributed by atoms with van der Waals surface area (Å²) in [5, 5.41) is 17.7. The van der Waals surface area contributed by atoms with Crippen LogP contribution >= 0.6 is 23.2 Å². The van der Waals surface area contributed by atoms with Crippen molar-refractivity contribution in [3.8, 4) is 0 Å². The van der Waals surface area contributed by atoms with E-state index in [0.29, 0.717) is 31.5 Å². The number of amides is 4. The highest BCUT2D eigenvalue weighted by atomic mass is 35.5. The Labute approximate surface area is 244 Å². The Morgan fingerprint density at radius 3 is 2.22 bits per heavy atom. The first kappa shape index (κ1) is 29.6. The van der Waals surface area contributed by atoms with E-state index in [2.05, 4.69) is 20.9 Å². The zero-order chi connectivity index (χ0) is 29.5. The van der Waals surface area contributed by atoms with Gasteiger partial charge in [0.15, 0.2) is 0 Å². The second kappa shape index (κ2) is 13.3. The maximum Gasteiger partial charge on any atom is 0.349 e. The summed E-state index contributed by atoms with van der Waals surface area (Å²) >= 11 is 12.1. The minimum Gasteiger partial charge on any atom is -0.480 e. The van der Waals surface area contributed by atoms with Crippen LogP contribution in [0.4, 0.5) is 10.6 Å². The molecule has 4 N–H and O–H groups in total. The highest BCUT2D eigenvalue weighted by Gasteiger charge is 2.28. The minimum absolute atomic E-state index is 0.0121. The molecule has 1 fully saturated rings. The van der Waals surface area contributed by atoms with E-state index in [1.54, 1.807) is 30.3 Å². The summed E-state index contributed by atoms with van der Waals surface area (Å²) in [5.74, 6) is -2.31. The number of carboxylic acid groups (broad SMARTS) is 1. The molecule has 41 heavy (non-hydrogen) atoms. The van der Waals surface area contributed by atoms with Crippen LogP contribution in [-0.4, -0.2) is 68.5 Å². The van der Waals surface area contributed by atoms with Crippen LogP contribution in [0.3, 0.4) is 0 Å². The number of likely N-dealkylation sites (tertiary alicyclic amines) is 1. The number of anilines is 1. The van der Waals surface area contributed by atoms with Gasteiger partial charge in [-0.1, -0.05) is 47.5 Å². The van der Waals surface area contributed by atoms with Crippen molar-refractivity contribution in [3.63, 3.8) is 0 Å². The number of nitrogens with zero attached hydrogens (tertiary/aromatic N) is 3. The molecule has 4 amide bonds. The molecule has 0 aliphatic carbocycles. The number of hydrogen-bond donors (Lipinski definition) is 4. The molecule has 0 saturated carbocycles. The Morgan fingerprint density at radius 1 is 0.951 bits per heavy atom. The number of aromatic nitrogens is 2. The predicted molar refractivity (Wildman–Crippen MR) is 151 cm³/mol. The van der Waals surface area contributed by atoms with E-state index >= 15 is 0 Å². The molecule has 0 unspecified atom stereocenters. The SMILES string of the molecule is O=C(NC1CCN(C(=O)N[C@@H](Cn2ccc(NC(=O)c3c(Cl)cccc3Cl)nc2=O)C(=O)O)CC1)c1ccccc1. The van der Waals surface area contributed by atoms with Crippen molar-refractivity contribution in [1.29, 1.82) is 0 Å². The molecule has 14 heteroatoms. The second-order valence-electron chi connectivity index (χ2n) is 9.24. The minimum atomic E-state index is -1.43. The van der Waals surface area contributed by atoms with Crippen molar-refractivity contribution < 1.29 is 24.3 Å². The van der Waals surface area contributed by atoms with E-state index in [0.717, 1.165) is 4.57 Å². The van der Waals surface area contributed by atoms with E-state index in [1.165, 1.54) is 29.3 Å². The summed E-state index contributed by atoms with van der Waals surface area (Å²) in [6.45, 7) is 0.216. The van der Waals surface area contributed by atoms with Gasteiger partial charge >= 0.3 is 17.7 Å². The van der Waals surface area contributed by atoms with Gasteiger partial charge in [0.1, 0.15) is 11.9 Å². The van der Waals surface area contributed by atoms with E-state index in [9.17, 15) is 29.1 Å². The third-order valence-corrected chi connectivity index (χ3v) is 7.06. The topological polar surface area (TPSA) is 163 Å². The van der Waals surface area contributed by atoms with Gasteiger partial charge in [0.25, 0.3) is 11.8 Å². The molecule has 1 aliphatic heterocycles. The third kappa shape index (κ3) is 7.62. The summed E-state index contributed by atoms with van der Waals surface area (Å²) < 4.78 is 1.00. The van der Waals surface area contributed by atoms with Gasteiger partial charge in [0.2, 0.25) is 0 Å². The molecule has 1 saturated heterocycles. The first-order chi connectivity index (χ1) is 19.6. The highest BCUT2D eigenvalue weighted by Crippen LogP contribution is 2.25. The van der Waals surface area contributed by atoms with E-state index in [1.807, 2.05) is 6.07 Å². The molecule has 2 aromatic carbocycles. The second-order valence-corrected chi connectivity index (χ2v) is 10.1. The maximum atomic E-state index is 12.8. The van der Waals surface area contributed by atoms with Gasteiger partial charge in [-0.15, -0.1) is 0 Å². The Bertz CT molecular complexity index is 1490. The van der Waals surface area contributed by atoms with E-state index < -0.39 is 36.2 Å². The number of carbonyl (C=O) groups excluding carboxylic acids is 3. The Balaban J connectivity index is 1.32. The number of carboxylic acids is 1. The largest absolute Gasteiger partial charge is 0.480 e. The Hall–Kier alpha value is -4.42. The molecular formula is C27H26Cl2N6O6. The molecule has 4 rings (SSSR count). The van der Waals surface area contributed by atoms with Crippen molar-refractivity contribution >= 4 is 52.8 Å². The molecule has 12 nitrogen and oxygen atoms in total. The normalized spacial score (nSPS) is 14.1. The summed E-state index contributed by atoms with van der Waals surface area (Å²) in [6.07, 6.45) is 2.25. The van der Waals surface area contributed by atoms with Crippen molar-refractivity contribution in [2.24, 2.45) is 0 Å². The van der Waals surface area contributed by atoms with Gasteiger partial charge in [-0.3, -0.25) is 14.2 Å². The quantitative estimate of drug-likeness (QED) is 0.309. The molecule has 1 aliphatic rings. The Kier molecular flexibility index (Phi) is 9.58. The number of benzene rings is 2. The van der Waals surface area contributed by atoms with Crippen LogP contribution in [0.1, 0.15) is 33.6 Å². The van der Waals surface area contributed by atoms with E-state index in [4.69, 9.17) is 23.2 Å². The fourth-order valence-corrected chi connectivity index (χ4v) is 4.81. The number of piperidine rings is 1. The van der Waals surface area contributed by atoms with Crippen LogP contribution in [-0.2, 0) is 11.3 Å². The molecule has 0 radical (unpaired) electrons. The molecular weight excluding hydrogens is 575 g/mol. The van der Waals surface area contributed by atoms with Gasteiger partial charge in [0.05, 0.1) is 22.2 Å². The molecule has 214 valence electrons. The van der Waals surface area contributed by atoms with Crippen LogP contribution in [0.2, 0.25) is 10.0 Å². The zero-order valence-corrected chi connectivity index (χ0v) is 23.1. The molecule has 0 spiro atoms. The number of rotatable bonds is 8. The smallest absolute Gasteiger partial charge is 0.349 e. The lowest BCUT2D eigenvalue weighted by atomic mass is 10.0. The average Bonchev–Trinajstić information content (AvgIpc) is 2.94. The lowest BCUT2D eigenvalue weighted by Crippen LogP contribution is -2.54. The molecule has 1 atom stereocenters. The number of hydrogen-bond acceptors (Lipinski definition) is 6. The van der Waals surface area contributed by atoms with Gasteiger partial charge < -0.3 is 26.0 Å². The fraction of sp³-hybridized carbons (Fsp3) is 0.259. The molecule has 1 aromatic heterocycles. The summed E-state index contributed by atoms with van der Waals surface area (Å²) in [6, 6.07) is 12.5. The number of carbonyl (C=O) groups is 4. The zero-order valence-electron chi connectivity index (χ0n) is 21.5. The Morgan fingerprint density at radius 2 is 1.61 bits per heavy atom. The maximum absolute atomic E-state index is 12.8. The standard InChI is InChI=1S/C27H26Cl2N6O6/c28-18-7-4-8-19(29)22(18)24(37)32-21-11-14-35(27(41)33-21)15-20(25(38)39)31-26(40)34-12-9-17(10-13-34)30-23(36)16-5-2-1-3-6-16/h1-8,11,14,17,20H,9-10,12-13,15H2,(H,30,36)(H,31,40)(H,38,39)(H,32,33,37,41)/t20-/m0/s1. The monoisotopic (exact) mass is 600 g/mol. The number of nitrogens with one attached hydrogen (secondary N) is 3. The van der Waals surface area contributed by atoms with Crippen molar-refractivity contribution in [1.82, 2.24) is 25.1 Å². The molecule has 3 aromatic rings. The van der Waals surface area contributed by atoms with Crippen LogP contribution < -0.4 is 21.6 Å². The lowest BCUT2D eigenvalue weighted by molar-refractivity contribution is -0.139. The molecule has 0 bridgehead atoms. The summed E-state index contributed by atoms with van der Waals surface area (Å²) in [5.41, 5.74) is -0.288. The van der Waals surface area contributed by atoms with Crippen molar-refractivity contribution in [2.75, 3.05) is 18.4 Å². The number of halogens is 2.